The van der Waals surface area contributed by atoms with Crippen LogP contribution in [-0.4, -0.2) is 101 Å². The minimum absolute atomic E-state index is 0.354. The average Bonchev–Trinajstić information content (AvgIpc) is 3.30. The van der Waals surface area contributed by atoms with Gasteiger partial charge in [-0.3, -0.25) is 4.90 Å². The van der Waals surface area contributed by atoms with Gasteiger partial charge in [0.1, 0.15) is 30.3 Å². The molecule has 0 unspecified atom stereocenters. The summed E-state index contributed by atoms with van der Waals surface area (Å²) in [6, 6.07) is 0.439. The van der Waals surface area contributed by atoms with Gasteiger partial charge in [0.25, 0.3) is 0 Å². The molecule has 2 saturated heterocycles. The molecule has 1 aromatic heterocycles. The zero-order valence-corrected chi connectivity index (χ0v) is 15.1. The molecular formula is C16H27N7O3. The Labute approximate surface area is 152 Å². The van der Waals surface area contributed by atoms with Crippen molar-refractivity contribution in [2.75, 3.05) is 56.3 Å². The van der Waals surface area contributed by atoms with Gasteiger partial charge in [-0.15, -0.1) is 0 Å². The summed E-state index contributed by atoms with van der Waals surface area (Å²) in [6.45, 7) is 3.03. The molecule has 0 spiro atoms. The number of likely N-dealkylation sites (tertiary alicyclic amines) is 1. The van der Waals surface area contributed by atoms with Crippen LogP contribution in [0, 0.1) is 0 Å². The van der Waals surface area contributed by atoms with Crippen molar-refractivity contribution in [2.24, 2.45) is 0 Å². The molecule has 3 aliphatic rings. The minimum atomic E-state index is -1.02. The average molecular weight is 365 g/mol. The number of likely N-dealkylation sites (N-methyl/N-ethyl adjacent to an activating group) is 2. The van der Waals surface area contributed by atoms with Crippen molar-refractivity contribution >= 4 is 17.3 Å². The number of hydrogen-bond acceptors (Lipinski definition) is 10. The summed E-state index contributed by atoms with van der Waals surface area (Å²) < 4.78 is 6.05. The van der Waals surface area contributed by atoms with E-state index in [2.05, 4.69) is 32.1 Å². The largest absolute Gasteiger partial charge is 0.387 e. The smallest absolute Gasteiger partial charge is 0.162 e. The third kappa shape index (κ3) is 2.97. The normalized spacial score (nSPS) is 34.5. The van der Waals surface area contributed by atoms with Gasteiger partial charge in [0.15, 0.2) is 17.9 Å². The first-order valence-corrected chi connectivity index (χ1v) is 8.97. The molecule has 0 bridgehead atoms. The number of aliphatic hydroxyl groups excluding tert-OH is 2. The fourth-order valence-corrected chi connectivity index (χ4v) is 4.07. The van der Waals surface area contributed by atoms with Crippen molar-refractivity contribution in [1.29, 1.82) is 0 Å². The highest BCUT2D eigenvalue weighted by atomic mass is 16.6. The van der Waals surface area contributed by atoms with Crippen molar-refractivity contribution in [3.05, 3.63) is 6.33 Å². The van der Waals surface area contributed by atoms with Gasteiger partial charge in [-0.2, -0.15) is 0 Å². The first-order valence-electron chi connectivity index (χ1n) is 8.97. The van der Waals surface area contributed by atoms with Crippen LogP contribution in [0.5, 0.6) is 0 Å². The Balaban J connectivity index is 1.45. The zero-order valence-electron chi connectivity index (χ0n) is 15.1. The monoisotopic (exact) mass is 365 g/mol. The number of fused-ring (bicyclic) bond motifs is 1. The van der Waals surface area contributed by atoms with E-state index < -0.39 is 24.5 Å². The molecule has 26 heavy (non-hydrogen) atoms. The maximum absolute atomic E-state index is 10.6. The zero-order chi connectivity index (χ0) is 18.4. The molecule has 3 aliphatic heterocycles. The van der Waals surface area contributed by atoms with Crippen LogP contribution in [0.2, 0.25) is 0 Å². The van der Waals surface area contributed by atoms with Gasteiger partial charge >= 0.3 is 0 Å². The predicted octanol–water partition coefficient (Wildman–Crippen LogP) is -1.67. The SMILES string of the molecule is CN1CC[C@@H](N(C)C[C@H]2O[C@@H](N3CNc4c(N)ncnc43)[C@H](O)[C@@H]2O)C1. The molecule has 0 saturated carbocycles. The third-order valence-corrected chi connectivity index (χ3v) is 5.66. The highest BCUT2D eigenvalue weighted by molar-refractivity contribution is 5.80. The van der Waals surface area contributed by atoms with Gasteiger partial charge in [0, 0.05) is 19.1 Å². The van der Waals surface area contributed by atoms with Gasteiger partial charge in [0.2, 0.25) is 0 Å². The van der Waals surface area contributed by atoms with Crippen molar-refractivity contribution in [3.8, 4) is 0 Å². The van der Waals surface area contributed by atoms with Crippen molar-refractivity contribution in [3.63, 3.8) is 0 Å². The molecule has 5 N–H and O–H groups in total. The molecule has 10 nitrogen and oxygen atoms in total. The molecule has 0 aromatic carbocycles. The number of aliphatic hydroxyl groups is 2. The Morgan fingerprint density at radius 1 is 1.38 bits per heavy atom. The lowest BCUT2D eigenvalue weighted by Crippen LogP contribution is -2.44. The van der Waals surface area contributed by atoms with Gasteiger partial charge in [-0.05, 0) is 27.1 Å². The van der Waals surface area contributed by atoms with Crippen molar-refractivity contribution < 1.29 is 14.9 Å². The fraction of sp³-hybridized carbons (Fsp3) is 0.750. The molecule has 4 heterocycles. The van der Waals surface area contributed by atoms with Gasteiger partial charge in [-0.25, -0.2) is 9.97 Å². The molecule has 1 aromatic rings. The number of nitrogens with two attached hydrogens (primary N) is 1. The first-order chi connectivity index (χ1) is 12.5. The molecular weight excluding hydrogens is 338 g/mol. The van der Waals surface area contributed by atoms with E-state index in [0.717, 1.165) is 19.5 Å². The second-order valence-corrected chi connectivity index (χ2v) is 7.45. The quantitative estimate of drug-likeness (QED) is 0.492. The van der Waals surface area contributed by atoms with Crippen LogP contribution in [0.1, 0.15) is 6.42 Å². The highest BCUT2D eigenvalue weighted by Crippen LogP contribution is 2.37. The van der Waals surface area contributed by atoms with Crippen LogP contribution in [0.15, 0.2) is 6.33 Å². The summed E-state index contributed by atoms with van der Waals surface area (Å²) in [4.78, 5) is 14.5. The molecule has 4 rings (SSSR count). The van der Waals surface area contributed by atoms with Crippen molar-refractivity contribution in [1.82, 2.24) is 19.8 Å². The number of nitrogen functional groups attached to an aromatic ring is 1. The number of anilines is 3. The molecule has 0 amide bonds. The van der Waals surface area contributed by atoms with Crippen LogP contribution < -0.4 is 16.0 Å². The summed E-state index contributed by atoms with van der Waals surface area (Å²) >= 11 is 0. The Kier molecular flexibility index (Phi) is 4.61. The summed E-state index contributed by atoms with van der Waals surface area (Å²) in [7, 11) is 4.15. The van der Waals surface area contributed by atoms with E-state index in [-0.39, 0.29) is 0 Å². The fourth-order valence-electron chi connectivity index (χ4n) is 4.07. The lowest BCUT2D eigenvalue weighted by atomic mass is 10.1. The molecule has 0 radical (unpaired) electrons. The van der Waals surface area contributed by atoms with Crippen LogP contribution in [0.3, 0.4) is 0 Å². The van der Waals surface area contributed by atoms with Crippen LogP contribution in [0.4, 0.5) is 17.3 Å². The van der Waals surface area contributed by atoms with Gasteiger partial charge in [0.05, 0.1) is 6.67 Å². The standard InChI is InChI=1S/C16H27N7O3/c1-21-4-3-9(5-21)22(2)6-10-12(24)13(25)16(26-10)23-8-20-11-14(17)18-7-19-15(11)23/h7,9-10,12-13,16,20,24-25H,3-6,8H2,1-2H3,(H2,17,18,19)/t9-,10-,12-,13-,16-/m1/s1. The summed E-state index contributed by atoms with van der Waals surface area (Å²) in [5, 5.41) is 24.2. The summed E-state index contributed by atoms with van der Waals surface area (Å²) in [5.74, 6) is 0.937. The van der Waals surface area contributed by atoms with Crippen molar-refractivity contribution in [2.45, 2.75) is 37.0 Å². The van der Waals surface area contributed by atoms with E-state index in [4.69, 9.17) is 10.5 Å². The van der Waals surface area contributed by atoms with E-state index in [0.29, 0.717) is 36.6 Å². The predicted molar refractivity (Wildman–Crippen MR) is 96.6 cm³/mol. The van der Waals surface area contributed by atoms with Crippen LogP contribution in [-0.2, 0) is 4.74 Å². The summed E-state index contributed by atoms with van der Waals surface area (Å²) in [5.41, 5.74) is 6.50. The summed E-state index contributed by atoms with van der Waals surface area (Å²) in [6.07, 6.45) is -0.643. The highest BCUT2D eigenvalue weighted by Gasteiger charge is 2.48. The molecule has 2 fully saturated rings. The molecule has 0 aliphatic carbocycles. The number of aromatic nitrogens is 2. The maximum Gasteiger partial charge on any atom is 0.162 e. The van der Waals surface area contributed by atoms with E-state index in [1.807, 2.05) is 7.05 Å². The van der Waals surface area contributed by atoms with E-state index in [1.165, 1.54) is 6.33 Å². The van der Waals surface area contributed by atoms with Crippen LogP contribution >= 0.6 is 0 Å². The number of ether oxygens (including phenoxy) is 1. The maximum atomic E-state index is 10.6. The lowest BCUT2D eigenvalue weighted by molar-refractivity contribution is -0.0126. The van der Waals surface area contributed by atoms with E-state index >= 15 is 0 Å². The Morgan fingerprint density at radius 2 is 2.19 bits per heavy atom. The number of nitrogens with zero attached hydrogens (tertiary/aromatic N) is 5. The molecule has 144 valence electrons. The minimum Gasteiger partial charge on any atom is -0.387 e. The molecule has 5 atom stereocenters. The third-order valence-electron chi connectivity index (χ3n) is 5.66. The van der Waals surface area contributed by atoms with Crippen LogP contribution in [0.25, 0.3) is 0 Å². The number of rotatable bonds is 4. The Bertz CT molecular complexity index is 663. The lowest BCUT2D eigenvalue weighted by Gasteiger charge is -2.29. The Morgan fingerprint density at radius 3 is 2.92 bits per heavy atom. The van der Waals surface area contributed by atoms with Gasteiger partial charge < -0.3 is 35.8 Å². The van der Waals surface area contributed by atoms with E-state index in [9.17, 15) is 10.2 Å². The Hall–Kier alpha value is -1.72. The second-order valence-electron chi connectivity index (χ2n) is 7.45. The first kappa shape index (κ1) is 17.7. The van der Waals surface area contributed by atoms with E-state index in [1.54, 1.807) is 4.90 Å². The number of nitrogens with one attached hydrogen (secondary N) is 1. The second kappa shape index (κ2) is 6.78. The topological polar surface area (TPSA) is 123 Å². The van der Waals surface area contributed by atoms with Gasteiger partial charge in [-0.1, -0.05) is 0 Å². The number of hydrogen-bond donors (Lipinski definition) is 4. The molecule has 10 heteroatoms.